The lowest BCUT2D eigenvalue weighted by molar-refractivity contribution is 0.685. The van der Waals surface area contributed by atoms with Gasteiger partial charge in [-0.15, -0.1) is 0 Å². The maximum absolute atomic E-state index is 4.68. The lowest BCUT2D eigenvalue weighted by atomic mass is 10.1. The molecule has 1 atom stereocenters. The van der Waals surface area contributed by atoms with Crippen molar-refractivity contribution in [2.24, 2.45) is 5.92 Å². The van der Waals surface area contributed by atoms with Gasteiger partial charge in [-0.05, 0) is 37.0 Å². The van der Waals surface area contributed by atoms with Crippen LogP contribution in [0.25, 0.3) is 0 Å². The maximum atomic E-state index is 4.68. The smallest absolute Gasteiger partial charge is 0.232 e. The van der Waals surface area contributed by atoms with Gasteiger partial charge in [0.05, 0.1) is 0 Å². The van der Waals surface area contributed by atoms with Gasteiger partial charge in [-0.25, -0.2) is 4.98 Å². The first-order valence-corrected chi connectivity index (χ1v) is 7.59. The van der Waals surface area contributed by atoms with Crippen LogP contribution in [0.5, 0.6) is 0 Å². The summed E-state index contributed by atoms with van der Waals surface area (Å²) >= 11 is 0. The summed E-state index contributed by atoms with van der Waals surface area (Å²) < 4.78 is 0. The minimum Gasteiger partial charge on any atom is -0.370 e. The second kappa shape index (κ2) is 5.72. The molecule has 0 spiro atoms. The topological polar surface area (TPSA) is 41.1 Å². The Morgan fingerprint density at radius 1 is 1.29 bits per heavy atom. The monoisotopic (exact) mass is 282 g/mol. The molecular formula is C17H22N4. The predicted molar refractivity (Wildman–Crippen MR) is 87.1 cm³/mol. The first-order chi connectivity index (χ1) is 10.1. The Labute approximate surface area is 126 Å². The van der Waals surface area contributed by atoms with Crippen LogP contribution in [0.4, 0.5) is 17.5 Å². The molecule has 1 aliphatic rings. The van der Waals surface area contributed by atoms with Crippen LogP contribution < -0.4 is 10.2 Å². The average molecular weight is 282 g/mol. The standard InChI is InChI=1S/C17H22N4/c1-12(2)11-19-16-8-9-18-17(20-16)21-13(3)10-14-6-4-5-7-15(14)21/h4-9,12-13H,10-11H2,1-3H3,(H,18,19,20). The van der Waals surface area contributed by atoms with E-state index in [0.717, 1.165) is 24.7 Å². The predicted octanol–water partition coefficient (Wildman–Crippen LogP) is 3.63. The van der Waals surface area contributed by atoms with Gasteiger partial charge in [0.1, 0.15) is 5.82 Å². The maximum Gasteiger partial charge on any atom is 0.232 e. The zero-order valence-corrected chi connectivity index (χ0v) is 12.9. The Kier molecular flexibility index (Phi) is 3.78. The highest BCUT2D eigenvalue weighted by Crippen LogP contribution is 2.36. The van der Waals surface area contributed by atoms with Crippen LogP contribution in [-0.2, 0) is 6.42 Å². The number of benzene rings is 1. The zero-order valence-electron chi connectivity index (χ0n) is 12.9. The highest BCUT2D eigenvalue weighted by molar-refractivity contribution is 5.67. The van der Waals surface area contributed by atoms with Crippen molar-refractivity contribution >= 4 is 17.5 Å². The Bertz CT molecular complexity index is 624. The van der Waals surface area contributed by atoms with Gasteiger partial charge >= 0.3 is 0 Å². The van der Waals surface area contributed by atoms with Gasteiger partial charge < -0.3 is 10.2 Å². The normalized spacial score (nSPS) is 17.1. The number of hydrogen-bond acceptors (Lipinski definition) is 4. The van der Waals surface area contributed by atoms with E-state index in [0.29, 0.717) is 12.0 Å². The summed E-state index contributed by atoms with van der Waals surface area (Å²) in [6.45, 7) is 7.52. The van der Waals surface area contributed by atoms with Crippen molar-refractivity contribution in [3.63, 3.8) is 0 Å². The largest absolute Gasteiger partial charge is 0.370 e. The van der Waals surface area contributed by atoms with Crippen molar-refractivity contribution in [3.8, 4) is 0 Å². The lowest BCUT2D eigenvalue weighted by Crippen LogP contribution is -2.26. The number of hydrogen-bond donors (Lipinski definition) is 1. The number of nitrogens with zero attached hydrogens (tertiary/aromatic N) is 3. The molecule has 0 fully saturated rings. The van der Waals surface area contributed by atoms with Gasteiger partial charge in [0.15, 0.2) is 0 Å². The van der Waals surface area contributed by atoms with Crippen molar-refractivity contribution in [3.05, 3.63) is 42.1 Å². The molecule has 0 bridgehead atoms. The molecule has 1 aromatic carbocycles. The van der Waals surface area contributed by atoms with Crippen LogP contribution in [-0.4, -0.2) is 22.6 Å². The fraction of sp³-hybridized carbons (Fsp3) is 0.412. The molecular weight excluding hydrogens is 260 g/mol. The SMILES string of the molecule is CC(C)CNc1ccnc(N2c3ccccc3CC2C)n1. The highest BCUT2D eigenvalue weighted by atomic mass is 15.3. The van der Waals surface area contributed by atoms with Crippen molar-refractivity contribution in [2.45, 2.75) is 33.2 Å². The Morgan fingerprint density at radius 2 is 2.10 bits per heavy atom. The quantitative estimate of drug-likeness (QED) is 0.929. The summed E-state index contributed by atoms with van der Waals surface area (Å²) in [6, 6.07) is 10.8. The van der Waals surface area contributed by atoms with E-state index in [2.05, 4.69) is 65.2 Å². The number of aromatic nitrogens is 2. The molecule has 1 aromatic heterocycles. The number of nitrogens with one attached hydrogen (secondary N) is 1. The minimum atomic E-state index is 0.391. The van der Waals surface area contributed by atoms with Crippen molar-refractivity contribution in [1.82, 2.24) is 9.97 Å². The van der Waals surface area contributed by atoms with E-state index < -0.39 is 0 Å². The number of para-hydroxylation sites is 1. The molecule has 21 heavy (non-hydrogen) atoms. The molecule has 2 aromatic rings. The third-order valence-electron chi connectivity index (χ3n) is 3.76. The number of fused-ring (bicyclic) bond motifs is 1. The molecule has 1 aliphatic heterocycles. The van der Waals surface area contributed by atoms with Crippen LogP contribution in [0.2, 0.25) is 0 Å². The third kappa shape index (κ3) is 2.84. The number of anilines is 3. The van der Waals surface area contributed by atoms with Crippen LogP contribution in [0.3, 0.4) is 0 Å². The summed E-state index contributed by atoms with van der Waals surface area (Å²) in [6.07, 6.45) is 2.88. The van der Waals surface area contributed by atoms with E-state index in [4.69, 9.17) is 0 Å². The molecule has 110 valence electrons. The van der Waals surface area contributed by atoms with Gasteiger partial charge in [0.25, 0.3) is 0 Å². The van der Waals surface area contributed by atoms with Crippen LogP contribution >= 0.6 is 0 Å². The van der Waals surface area contributed by atoms with Gasteiger partial charge in [-0.1, -0.05) is 32.0 Å². The summed E-state index contributed by atoms with van der Waals surface area (Å²) in [5, 5.41) is 3.37. The first kappa shape index (κ1) is 13.9. The summed E-state index contributed by atoms with van der Waals surface area (Å²) in [4.78, 5) is 11.4. The Balaban J connectivity index is 1.88. The van der Waals surface area contributed by atoms with E-state index >= 15 is 0 Å². The van der Waals surface area contributed by atoms with Gasteiger partial charge in [-0.3, -0.25) is 0 Å². The zero-order chi connectivity index (χ0) is 14.8. The molecule has 1 N–H and O–H groups in total. The van der Waals surface area contributed by atoms with Crippen LogP contribution in [0.1, 0.15) is 26.3 Å². The number of rotatable bonds is 4. The molecule has 0 aliphatic carbocycles. The van der Waals surface area contributed by atoms with E-state index in [-0.39, 0.29) is 0 Å². The fourth-order valence-corrected chi connectivity index (χ4v) is 2.74. The lowest BCUT2D eigenvalue weighted by Gasteiger charge is -2.23. The summed E-state index contributed by atoms with van der Waals surface area (Å²) in [7, 11) is 0. The molecule has 4 heteroatoms. The first-order valence-electron chi connectivity index (χ1n) is 7.59. The molecule has 0 radical (unpaired) electrons. The van der Waals surface area contributed by atoms with E-state index in [9.17, 15) is 0 Å². The molecule has 2 heterocycles. The van der Waals surface area contributed by atoms with E-state index in [1.54, 1.807) is 0 Å². The Hall–Kier alpha value is -2.10. The van der Waals surface area contributed by atoms with Gasteiger partial charge in [-0.2, -0.15) is 4.98 Å². The van der Waals surface area contributed by atoms with Crippen molar-refractivity contribution in [1.29, 1.82) is 0 Å². The molecule has 0 saturated heterocycles. The van der Waals surface area contributed by atoms with Crippen molar-refractivity contribution < 1.29 is 0 Å². The minimum absolute atomic E-state index is 0.391. The van der Waals surface area contributed by atoms with Crippen LogP contribution in [0.15, 0.2) is 36.5 Å². The molecule has 0 saturated carbocycles. The highest BCUT2D eigenvalue weighted by Gasteiger charge is 2.28. The molecule has 1 unspecified atom stereocenters. The van der Waals surface area contributed by atoms with Crippen LogP contribution in [0, 0.1) is 5.92 Å². The second-order valence-corrected chi connectivity index (χ2v) is 6.07. The summed E-state index contributed by atoms with van der Waals surface area (Å²) in [5.74, 6) is 2.27. The van der Waals surface area contributed by atoms with Gasteiger partial charge in [0.2, 0.25) is 5.95 Å². The second-order valence-electron chi connectivity index (χ2n) is 6.07. The van der Waals surface area contributed by atoms with Crippen molar-refractivity contribution in [2.75, 3.05) is 16.8 Å². The summed E-state index contributed by atoms with van der Waals surface area (Å²) in [5.41, 5.74) is 2.60. The molecule has 0 amide bonds. The molecule has 4 nitrogen and oxygen atoms in total. The van der Waals surface area contributed by atoms with E-state index in [1.807, 2.05) is 12.3 Å². The third-order valence-corrected chi connectivity index (χ3v) is 3.76. The van der Waals surface area contributed by atoms with Gasteiger partial charge in [0, 0.05) is 24.5 Å². The molecule has 3 rings (SSSR count). The average Bonchev–Trinajstić information content (AvgIpc) is 2.81. The van der Waals surface area contributed by atoms with E-state index in [1.165, 1.54) is 11.3 Å². The Morgan fingerprint density at radius 3 is 2.90 bits per heavy atom. The fourth-order valence-electron chi connectivity index (χ4n) is 2.74.